The minimum atomic E-state index is -2.64. The molecule has 7 aromatic carbocycles. The maximum Gasteiger partial charge on any atom is 0.179 e. The maximum atomic E-state index is 2.73. The van der Waals surface area contributed by atoms with Crippen LogP contribution in [0.1, 0.15) is 38.8 Å². The number of benzene rings is 7. The Morgan fingerprint density at radius 3 is 1.16 bits per heavy atom. The summed E-state index contributed by atoms with van der Waals surface area (Å²) in [5, 5.41) is 13.9. The number of hydrogen-bond acceptors (Lipinski definition) is 0. The number of rotatable bonds is 4. The van der Waals surface area contributed by atoms with E-state index in [0.717, 1.165) is 0 Å². The zero-order chi connectivity index (χ0) is 33.4. The van der Waals surface area contributed by atoms with E-state index in [-0.39, 0.29) is 10.8 Å². The second-order valence-electron chi connectivity index (χ2n) is 15.4. The summed E-state index contributed by atoms with van der Waals surface area (Å²) in [5.41, 5.74) is 2.84. The van der Waals surface area contributed by atoms with Gasteiger partial charge in [0.1, 0.15) is 0 Å². The highest BCUT2D eigenvalue weighted by atomic mass is 28.3. The standard InChI is InChI=1S/C48H42Si/c1-47(2)43-29-28-36(49(33-18-8-5-9-19-33,34-20-10-6-11-21-34)35-22-12-7-13-23-35)30-44(43)48(3,4)46-32-42-40-27-17-15-25-38(40)37-24-14-16-26-39(37)41(42)31-45(46)47/h5-32,43-44H,1-4H3. The van der Waals surface area contributed by atoms with Crippen LogP contribution in [0.3, 0.4) is 0 Å². The van der Waals surface area contributed by atoms with Crippen molar-refractivity contribution in [3.05, 3.63) is 186 Å². The van der Waals surface area contributed by atoms with Gasteiger partial charge in [0.05, 0.1) is 0 Å². The molecule has 1 heteroatoms. The molecule has 0 radical (unpaired) electrons. The highest BCUT2D eigenvalue weighted by Crippen LogP contribution is 2.57. The van der Waals surface area contributed by atoms with Crippen molar-refractivity contribution in [2.45, 2.75) is 38.5 Å². The van der Waals surface area contributed by atoms with Gasteiger partial charge < -0.3 is 0 Å². The van der Waals surface area contributed by atoms with E-state index in [1.807, 2.05) is 0 Å². The van der Waals surface area contributed by atoms with Crippen LogP contribution in [0.2, 0.25) is 0 Å². The van der Waals surface area contributed by atoms with Crippen molar-refractivity contribution in [1.82, 2.24) is 0 Å². The van der Waals surface area contributed by atoms with Crippen molar-refractivity contribution < 1.29 is 0 Å². The summed E-state index contributed by atoms with van der Waals surface area (Å²) in [7, 11) is -2.64. The Hall–Kier alpha value is -4.98. The highest BCUT2D eigenvalue weighted by molar-refractivity contribution is 7.16. The molecule has 0 heterocycles. The van der Waals surface area contributed by atoms with Gasteiger partial charge in [0.2, 0.25) is 0 Å². The van der Waals surface area contributed by atoms with E-state index in [2.05, 4.69) is 198 Å². The van der Waals surface area contributed by atoms with Crippen LogP contribution in [0.25, 0.3) is 32.3 Å². The Morgan fingerprint density at radius 1 is 0.408 bits per heavy atom. The molecule has 0 aliphatic heterocycles. The number of hydrogen-bond donors (Lipinski definition) is 0. The molecule has 238 valence electrons. The summed E-state index contributed by atoms with van der Waals surface area (Å²) in [6, 6.07) is 57.2. The summed E-state index contributed by atoms with van der Waals surface area (Å²) in [6.45, 7) is 10.0. The van der Waals surface area contributed by atoms with Crippen LogP contribution in [0.4, 0.5) is 0 Å². The zero-order valence-corrected chi connectivity index (χ0v) is 29.8. The van der Waals surface area contributed by atoms with Crippen molar-refractivity contribution in [2.24, 2.45) is 11.8 Å². The summed E-state index contributed by atoms with van der Waals surface area (Å²) in [4.78, 5) is 0. The molecule has 0 spiro atoms. The van der Waals surface area contributed by atoms with Gasteiger partial charge in [-0.05, 0) is 99.0 Å². The van der Waals surface area contributed by atoms with E-state index in [9.17, 15) is 0 Å². The first-order chi connectivity index (χ1) is 23.8. The van der Waals surface area contributed by atoms with Gasteiger partial charge in [0.25, 0.3) is 0 Å². The van der Waals surface area contributed by atoms with Gasteiger partial charge in [-0.1, -0.05) is 185 Å². The second-order valence-corrected chi connectivity index (χ2v) is 19.2. The van der Waals surface area contributed by atoms with Crippen LogP contribution >= 0.6 is 0 Å². The van der Waals surface area contributed by atoms with Crippen LogP contribution in [0.15, 0.2) is 175 Å². The number of allylic oxidation sites excluding steroid dienone is 4. The largest absolute Gasteiger partial charge is 0.179 e. The minimum absolute atomic E-state index is 0.0502. The van der Waals surface area contributed by atoms with Crippen molar-refractivity contribution >= 4 is 56.0 Å². The second kappa shape index (κ2) is 11.0. The lowest BCUT2D eigenvalue weighted by Gasteiger charge is -2.54. The van der Waals surface area contributed by atoms with Crippen molar-refractivity contribution in [3.63, 3.8) is 0 Å². The molecule has 0 saturated carbocycles. The molecule has 0 bridgehead atoms. The van der Waals surface area contributed by atoms with Crippen LogP contribution in [-0.2, 0) is 10.8 Å². The van der Waals surface area contributed by atoms with E-state index < -0.39 is 8.07 Å². The van der Waals surface area contributed by atoms with Gasteiger partial charge in [0.15, 0.2) is 8.07 Å². The Labute approximate surface area is 291 Å². The molecule has 0 N–H and O–H groups in total. The molecule has 9 rings (SSSR count). The molecule has 0 fully saturated rings. The molecule has 2 unspecified atom stereocenters. The molecule has 7 aromatic rings. The average Bonchev–Trinajstić information content (AvgIpc) is 3.15. The summed E-state index contributed by atoms with van der Waals surface area (Å²) >= 11 is 0. The Balaban J connectivity index is 1.32. The van der Waals surface area contributed by atoms with Gasteiger partial charge >= 0.3 is 0 Å². The lowest BCUT2D eigenvalue weighted by molar-refractivity contribution is 0.190. The summed E-state index contributed by atoms with van der Waals surface area (Å²) in [5.74, 6) is 0.708. The van der Waals surface area contributed by atoms with E-state index in [1.54, 1.807) is 0 Å². The molecule has 49 heavy (non-hydrogen) atoms. The lowest BCUT2D eigenvalue weighted by Crippen LogP contribution is -2.69. The molecular weight excluding hydrogens is 605 g/mol. The number of fused-ring (bicyclic) bond motifs is 8. The average molecular weight is 647 g/mol. The van der Waals surface area contributed by atoms with Crippen molar-refractivity contribution in [1.29, 1.82) is 0 Å². The van der Waals surface area contributed by atoms with Crippen LogP contribution in [0.5, 0.6) is 0 Å². The first-order valence-electron chi connectivity index (χ1n) is 17.8. The first kappa shape index (κ1) is 30.1. The molecule has 0 nitrogen and oxygen atoms in total. The fraction of sp³-hybridized carbons (Fsp3) is 0.167. The third-order valence-corrected chi connectivity index (χ3v) is 17.0. The van der Waals surface area contributed by atoms with Crippen molar-refractivity contribution in [3.8, 4) is 0 Å². The van der Waals surface area contributed by atoms with Gasteiger partial charge in [-0.25, -0.2) is 0 Å². The smallest absolute Gasteiger partial charge is 0.0800 e. The van der Waals surface area contributed by atoms with Gasteiger partial charge in [0, 0.05) is 0 Å². The van der Waals surface area contributed by atoms with Crippen LogP contribution < -0.4 is 15.6 Å². The maximum absolute atomic E-state index is 2.73. The van der Waals surface area contributed by atoms with Crippen LogP contribution in [0, 0.1) is 11.8 Å². The topological polar surface area (TPSA) is 0 Å². The zero-order valence-electron chi connectivity index (χ0n) is 28.8. The van der Waals surface area contributed by atoms with Gasteiger partial charge in [-0.3, -0.25) is 0 Å². The third-order valence-electron chi connectivity index (χ3n) is 12.2. The Bertz CT molecular complexity index is 2330. The molecule has 0 aromatic heterocycles. The van der Waals surface area contributed by atoms with Gasteiger partial charge in [-0.15, -0.1) is 0 Å². The normalized spacial score (nSPS) is 19.4. The third kappa shape index (κ3) is 4.28. The summed E-state index contributed by atoms with van der Waals surface area (Å²) < 4.78 is 0. The minimum Gasteiger partial charge on any atom is -0.0800 e. The fourth-order valence-corrected chi connectivity index (χ4v) is 14.6. The Morgan fingerprint density at radius 2 is 0.755 bits per heavy atom. The Kier molecular flexibility index (Phi) is 6.77. The quantitative estimate of drug-likeness (QED) is 0.101. The predicted octanol–water partition coefficient (Wildman–Crippen LogP) is 10.2. The molecular formula is C48H42Si. The van der Waals surface area contributed by atoms with E-state index in [0.29, 0.717) is 11.8 Å². The summed E-state index contributed by atoms with van der Waals surface area (Å²) in [6.07, 6.45) is 7.87. The van der Waals surface area contributed by atoms with E-state index in [4.69, 9.17) is 0 Å². The fourth-order valence-electron chi connectivity index (χ4n) is 9.72. The molecule has 0 saturated heterocycles. The molecule has 2 atom stereocenters. The van der Waals surface area contributed by atoms with E-state index >= 15 is 0 Å². The van der Waals surface area contributed by atoms with Gasteiger partial charge in [-0.2, -0.15) is 0 Å². The molecule has 2 aliphatic rings. The highest BCUT2D eigenvalue weighted by Gasteiger charge is 2.52. The lowest BCUT2D eigenvalue weighted by atomic mass is 9.51. The van der Waals surface area contributed by atoms with Crippen LogP contribution in [-0.4, -0.2) is 8.07 Å². The predicted molar refractivity (Wildman–Crippen MR) is 213 cm³/mol. The molecule has 2 aliphatic carbocycles. The monoisotopic (exact) mass is 646 g/mol. The van der Waals surface area contributed by atoms with Crippen molar-refractivity contribution in [2.75, 3.05) is 0 Å². The SMILES string of the molecule is CC1(C)c2cc3c4ccccc4c4ccccc4c3cc2C(C)(C)C2C=C([Si](c3ccccc3)(c3ccccc3)c3ccccc3)C=CC21. The van der Waals surface area contributed by atoms with E-state index in [1.165, 1.54) is 64.2 Å². The first-order valence-corrected chi connectivity index (χ1v) is 19.8. The molecule has 0 amide bonds.